The summed E-state index contributed by atoms with van der Waals surface area (Å²) in [6, 6.07) is 8.05. The lowest BCUT2D eigenvalue weighted by Gasteiger charge is -2.34. The molecule has 8 heteroatoms. The number of nitrogens with one attached hydrogen (secondary N) is 1. The van der Waals surface area contributed by atoms with Gasteiger partial charge in [-0.15, -0.1) is 0 Å². The summed E-state index contributed by atoms with van der Waals surface area (Å²) in [7, 11) is 1.96. The summed E-state index contributed by atoms with van der Waals surface area (Å²) >= 11 is 0. The highest BCUT2D eigenvalue weighted by atomic mass is 16.5. The Morgan fingerprint density at radius 3 is 2.56 bits per heavy atom. The van der Waals surface area contributed by atoms with Gasteiger partial charge < -0.3 is 19.7 Å². The molecule has 1 saturated heterocycles. The standard InChI is InChI=1S/C24H22N6O2/c1-13-4-5-21(31)14(2)22(13)19-10-26-23-17(18(19)7-25)6-20(29-23)15-8-27-24(28-9-15)30(3)16-11-32-12-16/h4-6,8-10,16,31H,11-12H2,1-3H3,(H,26,29). The summed E-state index contributed by atoms with van der Waals surface area (Å²) in [4.78, 5) is 18.8. The Hall–Kier alpha value is -3.96. The molecule has 1 fully saturated rings. The average Bonchev–Trinajstić information content (AvgIpc) is 3.20. The Kier molecular flexibility index (Phi) is 4.76. The van der Waals surface area contributed by atoms with Gasteiger partial charge in [0.2, 0.25) is 5.95 Å². The Bertz CT molecular complexity index is 1370. The van der Waals surface area contributed by atoms with Gasteiger partial charge in [0, 0.05) is 42.2 Å². The fourth-order valence-electron chi connectivity index (χ4n) is 4.04. The number of benzene rings is 1. The van der Waals surface area contributed by atoms with Crippen LogP contribution >= 0.6 is 0 Å². The van der Waals surface area contributed by atoms with Gasteiger partial charge >= 0.3 is 0 Å². The lowest BCUT2D eigenvalue weighted by Crippen LogP contribution is -2.47. The topological polar surface area (TPSA) is 111 Å². The number of nitrogens with zero attached hydrogens (tertiary/aromatic N) is 5. The zero-order valence-corrected chi connectivity index (χ0v) is 18.0. The number of aromatic amines is 1. The zero-order chi connectivity index (χ0) is 22.4. The second-order valence-electron chi connectivity index (χ2n) is 8.08. The fraction of sp³-hybridized carbons (Fsp3) is 0.250. The van der Waals surface area contributed by atoms with Gasteiger partial charge in [-0.1, -0.05) is 6.07 Å². The van der Waals surface area contributed by atoms with E-state index in [2.05, 4.69) is 26.0 Å². The molecule has 0 saturated carbocycles. The number of aromatic nitrogens is 4. The first-order valence-corrected chi connectivity index (χ1v) is 10.3. The van der Waals surface area contributed by atoms with Crippen LogP contribution in [-0.4, -0.2) is 51.3 Å². The number of rotatable bonds is 4. The molecule has 0 bridgehead atoms. The summed E-state index contributed by atoms with van der Waals surface area (Å²) in [6.07, 6.45) is 5.21. The number of fused-ring (bicyclic) bond motifs is 1. The number of phenolic OH excluding ortho intramolecular Hbond substituents is 1. The number of aryl methyl sites for hydroxylation is 1. The minimum absolute atomic E-state index is 0.194. The van der Waals surface area contributed by atoms with Gasteiger partial charge in [0.25, 0.3) is 0 Å². The maximum atomic E-state index is 10.2. The minimum atomic E-state index is 0.194. The molecule has 160 valence electrons. The van der Waals surface area contributed by atoms with Gasteiger partial charge in [-0.05, 0) is 42.7 Å². The largest absolute Gasteiger partial charge is 0.508 e. The highest BCUT2D eigenvalue weighted by Gasteiger charge is 2.25. The number of phenols is 1. The third-order valence-electron chi connectivity index (χ3n) is 6.12. The molecule has 5 rings (SSSR count). The molecule has 32 heavy (non-hydrogen) atoms. The fourth-order valence-corrected chi connectivity index (χ4v) is 4.04. The zero-order valence-electron chi connectivity index (χ0n) is 18.0. The number of anilines is 1. The first-order chi connectivity index (χ1) is 15.5. The van der Waals surface area contributed by atoms with Crippen LogP contribution in [0.25, 0.3) is 33.4 Å². The van der Waals surface area contributed by atoms with Crippen molar-refractivity contribution in [2.24, 2.45) is 0 Å². The summed E-state index contributed by atoms with van der Waals surface area (Å²) < 4.78 is 5.24. The van der Waals surface area contributed by atoms with Crippen LogP contribution in [-0.2, 0) is 4.74 Å². The summed E-state index contributed by atoms with van der Waals surface area (Å²) in [5, 5.41) is 20.9. The van der Waals surface area contributed by atoms with Crippen molar-refractivity contribution >= 4 is 17.0 Å². The lowest BCUT2D eigenvalue weighted by molar-refractivity contribution is 0.00961. The maximum Gasteiger partial charge on any atom is 0.225 e. The SMILES string of the molecule is Cc1ccc(O)c(C)c1-c1cnc2[nH]c(-c3cnc(N(C)C4COC4)nc3)cc2c1C#N. The second kappa shape index (κ2) is 7.62. The van der Waals surface area contributed by atoms with Crippen LogP contribution in [0.3, 0.4) is 0 Å². The molecule has 0 atom stereocenters. The molecule has 1 aliphatic rings. The van der Waals surface area contributed by atoms with Gasteiger partial charge in [-0.25, -0.2) is 15.0 Å². The molecular weight excluding hydrogens is 404 g/mol. The van der Waals surface area contributed by atoms with E-state index in [0.29, 0.717) is 42.0 Å². The van der Waals surface area contributed by atoms with Crippen molar-refractivity contribution < 1.29 is 9.84 Å². The van der Waals surface area contributed by atoms with Crippen LogP contribution in [0.15, 0.2) is 36.8 Å². The van der Waals surface area contributed by atoms with Crippen LogP contribution < -0.4 is 4.90 Å². The van der Waals surface area contributed by atoms with Crippen molar-refractivity contribution in [2.45, 2.75) is 19.9 Å². The number of aromatic hydroxyl groups is 1. The molecule has 0 amide bonds. The molecule has 8 nitrogen and oxygen atoms in total. The van der Waals surface area contributed by atoms with E-state index in [0.717, 1.165) is 33.3 Å². The molecule has 4 aromatic rings. The monoisotopic (exact) mass is 426 g/mol. The van der Waals surface area contributed by atoms with E-state index in [9.17, 15) is 10.4 Å². The number of hydrogen-bond acceptors (Lipinski definition) is 7. The van der Waals surface area contributed by atoms with Crippen molar-refractivity contribution in [3.63, 3.8) is 0 Å². The van der Waals surface area contributed by atoms with Crippen LogP contribution in [0.2, 0.25) is 0 Å². The quantitative estimate of drug-likeness (QED) is 0.512. The number of likely N-dealkylation sites (N-methyl/N-ethyl adjacent to an activating group) is 1. The maximum absolute atomic E-state index is 10.2. The van der Waals surface area contributed by atoms with Gasteiger partial charge in [-0.2, -0.15) is 5.26 Å². The Morgan fingerprint density at radius 2 is 1.91 bits per heavy atom. The predicted octanol–water partition coefficient (Wildman–Crippen LogP) is 3.72. The van der Waals surface area contributed by atoms with E-state index in [1.807, 2.05) is 37.9 Å². The number of hydrogen-bond donors (Lipinski definition) is 2. The van der Waals surface area contributed by atoms with E-state index in [1.54, 1.807) is 24.7 Å². The molecule has 3 aromatic heterocycles. The molecule has 0 spiro atoms. The van der Waals surface area contributed by atoms with E-state index in [4.69, 9.17) is 4.74 Å². The van der Waals surface area contributed by atoms with Crippen molar-refractivity contribution in [1.29, 1.82) is 5.26 Å². The van der Waals surface area contributed by atoms with Gasteiger partial charge in [-0.3, -0.25) is 0 Å². The number of nitriles is 1. The van der Waals surface area contributed by atoms with E-state index < -0.39 is 0 Å². The third kappa shape index (κ3) is 3.15. The third-order valence-corrected chi connectivity index (χ3v) is 6.12. The predicted molar refractivity (Wildman–Crippen MR) is 121 cm³/mol. The summed E-state index contributed by atoms with van der Waals surface area (Å²) in [5.41, 5.74) is 5.94. The molecule has 2 N–H and O–H groups in total. The molecule has 0 unspecified atom stereocenters. The van der Waals surface area contributed by atoms with Gasteiger partial charge in [0.05, 0.1) is 30.5 Å². The van der Waals surface area contributed by atoms with E-state index in [-0.39, 0.29) is 5.75 Å². The molecule has 1 aromatic carbocycles. The first-order valence-electron chi connectivity index (χ1n) is 10.3. The van der Waals surface area contributed by atoms with Crippen LogP contribution in [0, 0.1) is 25.2 Å². The highest BCUT2D eigenvalue weighted by molar-refractivity contribution is 5.94. The van der Waals surface area contributed by atoms with Crippen molar-refractivity contribution in [3.05, 3.63) is 53.5 Å². The van der Waals surface area contributed by atoms with Gasteiger partial charge in [0.15, 0.2) is 0 Å². The van der Waals surface area contributed by atoms with E-state index in [1.165, 1.54) is 0 Å². The Morgan fingerprint density at radius 1 is 1.16 bits per heavy atom. The molecule has 4 heterocycles. The van der Waals surface area contributed by atoms with Crippen molar-refractivity contribution in [1.82, 2.24) is 19.9 Å². The Balaban J connectivity index is 1.57. The molecular formula is C24H22N6O2. The molecule has 0 radical (unpaired) electrons. The van der Waals surface area contributed by atoms with Crippen LogP contribution in [0.1, 0.15) is 16.7 Å². The second-order valence-corrected chi connectivity index (χ2v) is 8.08. The summed E-state index contributed by atoms with van der Waals surface area (Å²) in [6.45, 7) is 5.18. The number of pyridine rings is 1. The normalized spacial score (nSPS) is 13.7. The average molecular weight is 426 g/mol. The number of ether oxygens (including phenoxy) is 1. The first kappa shape index (κ1) is 20.0. The van der Waals surface area contributed by atoms with Crippen LogP contribution in [0.5, 0.6) is 5.75 Å². The van der Waals surface area contributed by atoms with Crippen molar-refractivity contribution in [3.8, 4) is 34.2 Å². The van der Waals surface area contributed by atoms with E-state index >= 15 is 0 Å². The summed E-state index contributed by atoms with van der Waals surface area (Å²) in [5.74, 6) is 0.839. The van der Waals surface area contributed by atoms with Crippen LogP contribution in [0.4, 0.5) is 5.95 Å². The smallest absolute Gasteiger partial charge is 0.225 e. The number of H-pyrrole nitrogens is 1. The minimum Gasteiger partial charge on any atom is -0.508 e. The Labute approximate surface area is 185 Å². The highest BCUT2D eigenvalue weighted by Crippen LogP contribution is 2.37. The van der Waals surface area contributed by atoms with Crippen molar-refractivity contribution in [2.75, 3.05) is 25.2 Å². The van der Waals surface area contributed by atoms with Gasteiger partial charge in [0.1, 0.15) is 17.5 Å². The molecule has 1 aliphatic heterocycles. The molecule has 0 aliphatic carbocycles. The lowest BCUT2D eigenvalue weighted by atomic mass is 9.92.